The number of hydrogen-bond acceptors (Lipinski definition) is 3. The van der Waals surface area contributed by atoms with E-state index in [4.69, 9.17) is 21.8 Å². The van der Waals surface area contributed by atoms with Gasteiger partial charge in [-0.1, -0.05) is 31.5 Å². The molecule has 2 N–H and O–H groups in total. The van der Waals surface area contributed by atoms with Crippen molar-refractivity contribution in [2.45, 2.75) is 19.8 Å². The fourth-order valence-electron chi connectivity index (χ4n) is 2.41. The van der Waals surface area contributed by atoms with E-state index in [1.165, 1.54) is 0 Å². The minimum atomic E-state index is 0.338. The Bertz CT molecular complexity index is 746. The predicted molar refractivity (Wildman–Crippen MR) is 84.7 cm³/mol. The zero-order valence-corrected chi connectivity index (χ0v) is 12.5. The molecule has 0 unspecified atom stereocenters. The summed E-state index contributed by atoms with van der Waals surface area (Å²) >= 11 is 6.10. The third-order valence-corrected chi connectivity index (χ3v) is 3.69. The van der Waals surface area contributed by atoms with Crippen molar-refractivity contribution in [1.82, 2.24) is 9.78 Å². The number of furan rings is 1. The molecule has 108 valence electrons. The number of anilines is 1. The molecule has 0 radical (unpaired) electrons. The van der Waals surface area contributed by atoms with E-state index in [9.17, 15) is 0 Å². The fourth-order valence-corrected chi connectivity index (χ4v) is 2.61. The van der Waals surface area contributed by atoms with Gasteiger partial charge in [0, 0.05) is 5.56 Å². The number of hydrogen-bond donors (Lipinski definition) is 1. The monoisotopic (exact) mass is 301 g/mol. The second-order valence-corrected chi connectivity index (χ2v) is 5.16. The standard InChI is InChI=1S/C16H16ClN3O/c1-2-6-13-14(12-9-10-21-15(12)17)19-20(16(13)18)11-7-4-3-5-8-11/h3-5,7-10H,2,6,18H2,1H3. The average Bonchev–Trinajstić information content (AvgIpc) is 3.05. The van der Waals surface area contributed by atoms with Gasteiger partial charge in [-0.3, -0.25) is 0 Å². The van der Waals surface area contributed by atoms with Crippen LogP contribution in [0.15, 0.2) is 47.1 Å². The van der Waals surface area contributed by atoms with Crippen LogP contribution in [0.1, 0.15) is 18.9 Å². The Morgan fingerprint density at radius 1 is 1.24 bits per heavy atom. The lowest BCUT2D eigenvalue weighted by molar-refractivity contribution is 0.570. The first-order chi connectivity index (χ1) is 10.2. The van der Waals surface area contributed by atoms with Crippen LogP contribution in [0, 0.1) is 0 Å². The Balaban J connectivity index is 2.19. The van der Waals surface area contributed by atoms with Gasteiger partial charge in [-0.25, -0.2) is 4.68 Å². The maximum absolute atomic E-state index is 6.31. The molecule has 0 spiro atoms. The fraction of sp³-hybridized carbons (Fsp3) is 0.188. The van der Waals surface area contributed by atoms with Crippen molar-refractivity contribution < 1.29 is 4.42 Å². The zero-order valence-electron chi connectivity index (χ0n) is 11.7. The van der Waals surface area contributed by atoms with Gasteiger partial charge in [-0.2, -0.15) is 5.10 Å². The van der Waals surface area contributed by atoms with Gasteiger partial charge in [0.1, 0.15) is 11.5 Å². The van der Waals surface area contributed by atoms with Crippen LogP contribution < -0.4 is 5.73 Å². The van der Waals surface area contributed by atoms with E-state index in [1.54, 1.807) is 10.9 Å². The lowest BCUT2D eigenvalue weighted by Crippen LogP contribution is -2.02. The Hall–Kier alpha value is -2.20. The Labute approximate surface area is 128 Å². The van der Waals surface area contributed by atoms with Crippen LogP contribution in [0.3, 0.4) is 0 Å². The predicted octanol–water partition coefficient (Wildman–Crippen LogP) is 4.32. The van der Waals surface area contributed by atoms with Gasteiger partial charge in [0.15, 0.2) is 0 Å². The largest absolute Gasteiger partial charge is 0.452 e. The summed E-state index contributed by atoms with van der Waals surface area (Å²) in [6.07, 6.45) is 3.38. The summed E-state index contributed by atoms with van der Waals surface area (Å²) in [5.41, 5.74) is 9.81. The normalized spacial score (nSPS) is 11.0. The summed E-state index contributed by atoms with van der Waals surface area (Å²) in [6, 6.07) is 11.6. The highest BCUT2D eigenvalue weighted by Crippen LogP contribution is 2.34. The van der Waals surface area contributed by atoms with Crippen LogP contribution in [-0.2, 0) is 6.42 Å². The lowest BCUT2D eigenvalue weighted by atomic mass is 10.1. The molecule has 0 saturated heterocycles. The molecule has 2 heterocycles. The van der Waals surface area contributed by atoms with E-state index in [2.05, 4.69) is 12.0 Å². The molecule has 3 rings (SSSR count). The first-order valence-corrected chi connectivity index (χ1v) is 7.26. The molecule has 0 bridgehead atoms. The number of nitrogen functional groups attached to an aromatic ring is 1. The maximum atomic E-state index is 6.31. The van der Waals surface area contributed by atoms with E-state index < -0.39 is 0 Å². The molecule has 1 aromatic carbocycles. The Morgan fingerprint density at radius 3 is 2.62 bits per heavy atom. The van der Waals surface area contributed by atoms with Crippen LogP contribution >= 0.6 is 11.6 Å². The molecule has 4 nitrogen and oxygen atoms in total. The summed E-state index contributed by atoms with van der Waals surface area (Å²) < 4.78 is 6.94. The molecular weight excluding hydrogens is 286 g/mol. The lowest BCUT2D eigenvalue weighted by Gasteiger charge is -2.04. The van der Waals surface area contributed by atoms with Gasteiger partial charge in [0.2, 0.25) is 5.22 Å². The van der Waals surface area contributed by atoms with Crippen LogP contribution in [-0.4, -0.2) is 9.78 Å². The maximum Gasteiger partial charge on any atom is 0.202 e. The van der Waals surface area contributed by atoms with Gasteiger partial charge >= 0.3 is 0 Å². The molecule has 0 aliphatic rings. The topological polar surface area (TPSA) is 57.0 Å². The molecular formula is C16H16ClN3O. The molecule has 0 aliphatic heterocycles. The van der Waals surface area contributed by atoms with Crippen molar-refractivity contribution in [3.8, 4) is 16.9 Å². The summed E-state index contributed by atoms with van der Waals surface area (Å²) in [5.74, 6) is 0.648. The van der Waals surface area contributed by atoms with Crippen LogP contribution in [0.2, 0.25) is 5.22 Å². The number of nitrogens with two attached hydrogens (primary N) is 1. The minimum absolute atomic E-state index is 0.338. The molecule has 2 aromatic heterocycles. The van der Waals surface area contributed by atoms with E-state index in [-0.39, 0.29) is 0 Å². The number of halogens is 1. The highest BCUT2D eigenvalue weighted by molar-refractivity contribution is 6.31. The van der Waals surface area contributed by atoms with Crippen LogP contribution in [0.4, 0.5) is 5.82 Å². The Morgan fingerprint density at radius 2 is 2.00 bits per heavy atom. The van der Waals surface area contributed by atoms with Gasteiger partial charge in [-0.05, 0) is 36.2 Å². The van der Waals surface area contributed by atoms with Crippen molar-refractivity contribution in [1.29, 1.82) is 0 Å². The van der Waals surface area contributed by atoms with Gasteiger partial charge < -0.3 is 10.2 Å². The number of aromatic nitrogens is 2. The SMILES string of the molecule is CCCc1c(-c2ccoc2Cl)nn(-c2ccccc2)c1N. The van der Waals surface area contributed by atoms with Crippen molar-refractivity contribution in [2.24, 2.45) is 0 Å². The summed E-state index contributed by atoms with van der Waals surface area (Å²) in [6.45, 7) is 2.11. The molecule has 3 aromatic rings. The van der Waals surface area contributed by atoms with Gasteiger partial charge in [0.25, 0.3) is 0 Å². The number of nitrogens with zero attached hydrogens (tertiary/aromatic N) is 2. The summed E-state index contributed by atoms with van der Waals surface area (Å²) in [7, 11) is 0. The van der Waals surface area contributed by atoms with E-state index in [0.717, 1.165) is 35.3 Å². The van der Waals surface area contributed by atoms with Crippen molar-refractivity contribution >= 4 is 17.4 Å². The first kappa shape index (κ1) is 13.8. The molecule has 0 saturated carbocycles. The third-order valence-electron chi connectivity index (χ3n) is 3.40. The zero-order chi connectivity index (χ0) is 14.8. The third kappa shape index (κ3) is 2.43. The van der Waals surface area contributed by atoms with Crippen LogP contribution in [0.25, 0.3) is 16.9 Å². The smallest absolute Gasteiger partial charge is 0.202 e. The molecule has 0 amide bonds. The molecule has 0 atom stereocenters. The average molecular weight is 302 g/mol. The van der Waals surface area contributed by atoms with Crippen molar-refractivity contribution in [2.75, 3.05) is 5.73 Å². The van der Waals surface area contributed by atoms with Gasteiger partial charge in [-0.15, -0.1) is 0 Å². The highest BCUT2D eigenvalue weighted by Gasteiger charge is 2.20. The van der Waals surface area contributed by atoms with E-state index >= 15 is 0 Å². The second kappa shape index (κ2) is 5.66. The highest BCUT2D eigenvalue weighted by atomic mass is 35.5. The van der Waals surface area contributed by atoms with Crippen LogP contribution in [0.5, 0.6) is 0 Å². The summed E-state index contributed by atoms with van der Waals surface area (Å²) in [4.78, 5) is 0. The molecule has 21 heavy (non-hydrogen) atoms. The molecule has 5 heteroatoms. The quantitative estimate of drug-likeness (QED) is 0.780. The molecule has 0 aliphatic carbocycles. The molecule has 0 fully saturated rings. The number of rotatable bonds is 4. The van der Waals surface area contributed by atoms with Crippen molar-refractivity contribution in [3.05, 3.63) is 53.4 Å². The summed E-state index contributed by atoms with van der Waals surface area (Å²) in [5, 5.41) is 4.99. The van der Waals surface area contributed by atoms with E-state index in [0.29, 0.717) is 11.0 Å². The van der Waals surface area contributed by atoms with Crippen molar-refractivity contribution in [3.63, 3.8) is 0 Å². The first-order valence-electron chi connectivity index (χ1n) is 6.88. The van der Waals surface area contributed by atoms with E-state index in [1.807, 2.05) is 36.4 Å². The number of benzene rings is 1. The minimum Gasteiger partial charge on any atom is -0.452 e. The number of para-hydroxylation sites is 1. The Kier molecular flexibility index (Phi) is 3.71. The second-order valence-electron chi connectivity index (χ2n) is 4.82. The van der Waals surface area contributed by atoms with Gasteiger partial charge in [0.05, 0.1) is 17.5 Å².